The fraction of sp³-hybridized carbons (Fsp3) is 0.385. The predicted molar refractivity (Wildman–Crippen MR) is 140 cm³/mol. The van der Waals surface area contributed by atoms with E-state index in [0.29, 0.717) is 0 Å². The quantitative estimate of drug-likeness (QED) is 0.486. The molecule has 1 N–H and O–H groups in total. The van der Waals surface area contributed by atoms with Crippen LogP contribution in [0.15, 0.2) is 60.9 Å². The van der Waals surface area contributed by atoms with Crippen LogP contribution in [0.1, 0.15) is 35.5 Å². The SMILES string of the molecule is Cc1cc(-n2cccc2[C@H]2[C@H](c3ccccn3)NC(=S)N2CCCN2CCOCC2)ccc1Cl. The lowest BCUT2D eigenvalue weighted by atomic mass is 10.0. The van der Waals surface area contributed by atoms with E-state index in [9.17, 15) is 0 Å². The second kappa shape index (κ2) is 10.4. The monoisotopic (exact) mass is 495 g/mol. The Morgan fingerprint density at radius 2 is 1.97 bits per heavy atom. The molecule has 4 heterocycles. The minimum absolute atomic E-state index is 0.0260. The number of hydrogen-bond acceptors (Lipinski definition) is 4. The zero-order chi connectivity index (χ0) is 23.5. The Hall–Kier alpha value is -2.45. The van der Waals surface area contributed by atoms with Crippen molar-refractivity contribution in [3.05, 3.63) is 82.9 Å². The van der Waals surface area contributed by atoms with Crippen molar-refractivity contribution in [2.24, 2.45) is 0 Å². The molecule has 2 aromatic heterocycles. The molecular weight excluding hydrogens is 466 g/mol. The van der Waals surface area contributed by atoms with Crippen LogP contribution in [0.2, 0.25) is 5.02 Å². The van der Waals surface area contributed by atoms with Gasteiger partial charge in [0, 0.05) is 55.0 Å². The highest BCUT2D eigenvalue weighted by molar-refractivity contribution is 7.80. The Labute approximate surface area is 211 Å². The number of pyridine rings is 1. The van der Waals surface area contributed by atoms with Gasteiger partial charge in [-0.25, -0.2) is 0 Å². The number of nitrogens with zero attached hydrogens (tertiary/aromatic N) is 4. The largest absolute Gasteiger partial charge is 0.379 e. The molecule has 6 nitrogen and oxygen atoms in total. The number of aryl methyl sites for hydroxylation is 1. The smallest absolute Gasteiger partial charge is 0.170 e. The molecule has 2 atom stereocenters. The highest BCUT2D eigenvalue weighted by atomic mass is 35.5. The van der Waals surface area contributed by atoms with Gasteiger partial charge in [-0.15, -0.1) is 0 Å². The third-order valence-corrected chi connectivity index (χ3v) is 7.45. The molecule has 2 aliphatic heterocycles. The maximum atomic E-state index is 6.31. The first-order valence-electron chi connectivity index (χ1n) is 11.8. The number of aromatic nitrogens is 2. The number of ether oxygens (including phenoxy) is 1. The van der Waals surface area contributed by atoms with E-state index >= 15 is 0 Å². The Bertz CT molecular complexity index is 1130. The summed E-state index contributed by atoms with van der Waals surface area (Å²) in [5, 5.41) is 5.13. The van der Waals surface area contributed by atoms with Crippen LogP contribution in [0.4, 0.5) is 0 Å². The molecule has 0 aliphatic carbocycles. The number of benzene rings is 1. The first-order valence-corrected chi connectivity index (χ1v) is 12.6. The molecule has 5 rings (SSSR count). The molecular formula is C26H30ClN5OS. The van der Waals surface area contributed by atoms with Gasteiger partial charge in [-0.2, -0.15) is 0 Å². The van der Waals surface area contributed by atoms with Gasteiger partial charge in [0.25, 0.3) is 0 Å². The Morgan fingerprint density at radius 1 is 1.12 bits per heavy atom. The van der Waals surface area contributed by atoms with Crippen LogP contribution in [0.25, 0.3) is 5.69 Å². The molecule has 0 unspecified atom stereocenters. The van der Waals surface area contributed by atoms with Crippen LogP contribution in [0.5, 0.6) is 0 Å². The summed E-state index contributed by atoms with van der Waals surface area (Å²) in [6.45, 7) is 7.60. The summed E-state index contributed by atoms with van der Waals surface area (Å²) in [5.74, 6) is 0. The molecule has 3 aromatic rings. The van der Waals surface area contributed by atoms with Gasteiger partial charge in [-0.3, -0.25) is 9.88 Å². The predicted octanol–water partition coefficient (Wildman–Crippen LogP) is 4.53. The molecule has 2 aliphatic rings. The second-order valence-corrected chi connectivity index (χ2v) is 9.66. The number of morpholine rings is 1. The zero-order valence-electron chi connectivity index (χ0n) is 19.4. The normalized spacial score (nSPS) is 21.1. The van der Waals surface area contributed by atoms with Crippen molar-refractivity contribution in [1.82, 2.24) is 24.7 Å². The van der Waals surface area contributed by atoms with E-state index in [-0.39, 0.29) is 12.1 Å². The number of rotatable bonds is 7. The van der Waals surface area contributed by atoms with Gasteiger partial charge in [-0.05, 0) is 73.6 Å². The molecule has 0 spiro atoms. The Balaban J connectivity index is 1.45. The van der Waals surface area contributed by atoms with E-state index < -0.39 is 0 Å². The summed E-state index contributed by atoms with van der Waals surface area (Å²) in [6.07, 6.45) is 4.99. The zero-order valence-corrected chi connectivity index (χ0v) is 20.9. The summed E-state index contributed by atoms with van der Waals surface area (Å²) in [4.78, 5) is 9.48. The fourth-order valence-corrected chi connectivity index (χ4v) is 5.36. The molecule has 0 radical (unpaired) electrons. The third-order valence-electron chi connectivity index (χ3n) is 6.68. The van der Waals surface area contributed by atoms with Gasteiger partial charge in [0.05, 0.1) is 31.0 Å². The molecule has 8 heteroatoms. The minimum Gasteiger partial charge on any atom is -0.379 e. The number of nitrogens with one attached hydrogen (secondary N) is 1. The molecule has 1 aromatic carbocycles. The summed E-state index contributed by atoms with van der Waals surface area (Å²) in [5.41, 5.74) is 4.32. The summed E-state index contributed by atoms with van der Waals surface area (Å²) in [6, 6.07) is 16.5. The standard InChI is InChI=1S/C26H30ClN5OS/c1-19-18-20(8-9-21(19)27)31-12-4-7-23(31)25-24(22-6-2-3-10-28-22)29-26(34)32(25)13-5-11-30-14-16-33-17-15-30/h2-4,6-10,12,18,24-25H,5,11,13-17H2,1H3,(H,29,34)/t24-,25-/m0/s1. The molecule has 0 amide bonds. The van der Waals surface area contributed by atoms with Crippen molar-refractivity contribution in [2.45, 2.75) is 25.4 Å². The van der Waals surface area contributed by atoms with Crippen LogP contribution in [-0.4, -0.2) is 63.9 Å². The summed E-state index contributed by atoms with van der Waals surface area (Å²) in [7, 11) is 0. The van der Waals surface area contributed by atoms with Crippen LogP contribution in [0, 0.1) is 6.92 Å². The van der Waals surface area contributed by atoms with Gasteiger partial charge in [0.15, 0.2) is 5.11 Å². The molecule has 0 bridgehead atoms. The van der Waals surface area contributed by atoms with E-state index in [0.717, 1.165) is 72.9 Å². The lowest BCUT2D eigenvalue weighted by Crippen LogP contribution is -2.39. The highest BCUT2D eigenvalue weighted by Crippen LogP contribution is 2.39. The average Bonchev–Trinajstić information content (AvgIpc) is 3.47. The number of hydrogen-bond donors (Lipinski definition) is 1. The summed E-state index contributed by atoms with van der Waals surface area (Å²) < 4.78 is 7.74. The Morgan fingerprint density at radius 3 is 2.74 bits per heavy atom. The van der Waals surface area contributed by atoms with E-state index in [1.54, 1.807) is 0 Å². The van der Waals surface area contributed by atoms with Crippen molar-refractivity contribution < 1.29 is 4.74 Å². The topological polar surface area (TPSA) is 45.6 Å². The summed E-state index contributed by atoms with van der Waals surface area (Å²) >= 11 is 12.2. The number of thiocarbonyl (C=S) groups is 1. The molecule has 0 saturated carbocycles. The van der Waals surface area contributed by atoms with Crippen molar-refractivity contribution in [2.75, 3.05) is 39.4 Å². The van der Waals surface area contributed by atoms with Gasteiger partial charge >= 0.3 is 0 Å². The van der Waals surface area contributed by atoms with Gasteiger partial charge < -0.3 is 19.5 Å². The van der Waals surface area contributed by atoms with Crippen LogP contribution < -0.4 is 5.32 Å². The maximum absolute atomic E-state index is 6.31. The average molecular weight is 496 g/mol. The third kappa shape index (κ3) is 4.84. The Kier molecular flexibility index (Phi) is 7.15. The van der Waals surface area contributed by atoms with Crippen LogP contribution in [-0.2, 0) is 4.74 Å². The van der Waals surface area contributed by atoms with Crippen molar-refractivity contribution in [3.63, 3.8) is 0 Å². The van der Waals surface area contributed by atoms with Crippen molar-refractivity contribution >= 4 is 28.9 Å². The maximum Gasteiger partial charge on any atom is 0.170 e. The lowest BCUT2D eigenvalue weighted by Gasteiger charge is -2.31. The number of halogens is 1. The van der Waals surface area contributed by atoms with Crippen LogP contribution >= 0.6 is 23.8 Å². The van der Waals surface area contributed by atoms with Gasteiger partial charge in [-0.1, -0.05) is 17.7 Å². The van der Waals surface area contributed by atoms with Crippen LogP contribution in [0.3, 0.4) is 0 Å². The highest BCUT2D eigenvalue weighted by Gasteiger charge is 2.41. The molecule has 2 fully saturated rings. The molecule has 34 heavy (non-hydrogen) atoms. The fourth-order valence-electron chi connectivity index (χ4n) is 4.91. The first-order chi connectivity index (χ1) is 16.6. The minimum atomic E-state index is -0.0286. The first kappa shape index (κ1) is 23.3. The van der Waals surface area contributed by atoms with E-state index in [1.807, 2.05) is 31.3 Å². The van der Waals surface area contributed by atoms with E-state index in [2.05, 4.69) is 61.2 Å². The lowest BCUT2D eigenvalue weighted by molar-refractivity contribution is 0.0365. The van der Waals surface area contributed by atoms with Crippen molar-refractivity contribution in [3.8, 4) is 5.69 Å². The van der Waals surface area contributed by atoms with Gasteiger partial charge in [0.2, 0.25) is 0 Å². The van der Waals surface area contributed by atoms with Crippen molar-refractivity contribution in [1.29, 1.82) is 0 Å². The van der Waals surface area contributed by atoms with E-state index in [4.69, 9.17) is 28.6 Å². The molecule has 178 valence electrons. The molecule has 2 saturated heterocycles. The second-order valence-electron chi connectivity index (χ2n) is 8.86. The van der Waals surface area contributed by atoms with Gasteiger partial charge in [0.1, 0.15) is 0 Å². The van der Waals surface area contributed by atoms with E-state index in [1.165, 1.54) is 5.69 Å².